The highest BCUT2D eigenvalue weighted by Crippen LogP contribution is 2.29. The average Bonchev–Trinajstić information content (AvgIpc) is 2.58. The molecule has 0 bridgehead atoms. The monoisotopic (exact) mass is 376 g/mol. The molecule has 4 nitrogen and oxygen atoms in total. The highest BCUT2D eigenvalue weighted by Gasteiger charge is 2.22. The van der Waals surface area contributed by atoms with E-state index >= 15 is 0 Å². The maximum Gasteiger partial charge on any atom is 0.265 e. The van der Waals surface area contributed by atoms with Gasteiger partial charge in [0.05, 0.1) is 4.47 Å². The molecule has 2 N–H and O–H groups in total. The lowest BCUT2D eigenvalue weighted by Gasteiger charge is -2.20. The minimum Gasteiger partial charge on any atom is -0.475 e. The van der Waals surface area contributed by atoms with E-state index in [4.69, 9.17) is 4.74 Å². The molecule has 0 heterocycles. The van der Waals surface area contributed by atoms with Crippen molar-refractivity contribution in [3.63, 3.8) is 0 Å². The Hall–Kier alpha value is -1.85. The van der Waals surface area contributed by atoms with Gasteiger partial charge < -0.3 is 15.4 Å². The zero-order chi connectivity index (χ0) is 16.5. The van der Waals surface area contributed by atoms with Crippen LogP contribution in [0.1, 0.15) is 18.1 Å². The first-order valence-electron chi connectivity index (χ1n) is 7.61. The molecule has 2 aromatic carbocycles. The molecule has 1 atom stereocenters. The predicted octanol–water partition coefficient (Wildman–Crippen LogP) is 3.29. The molecule has 0 saturated carbocycles. The molecule has 1 amide bonds. The predicted molar refractivity (Wildman–Crippen MR) is 95.5 cm³/mol. The highest BCUT2D eigenvalue weighted by molar-refractivity contribution is 9.10. The van der Waals surface area contributed by atoms with Crippen LogP contribution in [0.2, 0.25) is 0 Å². The zero-order valence-corrected chi connectivity index (χ0v) is 14.7. The minimum absolute atomic E-state index is 0.136. The van der Waals surface area contributed by atoms with E-state index in [0.29, 0.717) is 12.3 Å². The van der Waals surface area contributed by atoms with Crippen molar-refractivity contribution in [3.8, 4) is 5.75 Å². The van der Waals surface area contributed by atoms with Crippen molar-refractivity contribution in [1.29, 1.82) is 0 Å². The van der Waals surface area contributed by atoms with Crippen LogP contribution in [0.25, 0.3) is 0 Å². The first kappa shape index (κ1) is 17.5. The van der Waals surface area contributed by atoms with Crippen LogP contribution in [0.3, 0.4) is 0 Å². The van der Waals surface area contributed by atoms with Crippen molar-refractivity contribution in [3.05, 3.63) is 64.6 Å². The Labute approximate surface area is 145 Å². The van der Waals surface area contributed by atoms with Crippen LogP contribution in [-0.4, -0.2) is 26.0 Å². The van der Waals surface area contributed by atoms with Gasteiger partial charge in [0.2, 0.25) is 6.10 Å². The van der Waals surface area contributed by atoms with E-state index in [-0.39, 0.29) is 5.91 Å². The third-order valence-electron chi connectivity index (χ3n) is 3.32. The first-order chi connectivity index (χ1) is 11.2. The van der Waals surface area contributed by atoms with Crippen LogP contribution in [0.5, 0.6) is 5.75 Å². The SMILES string of the molecule is CNCCCNC(=O)C(Oc1ccccc1Br)c1ccccc1. The van der Waals surface area contributed by atoms with Crippen molar-refractivity contribution in [2.24, 2.45) is 0 Å². The first-order valence-corrected chi connectivity index (χ1v) is 8.40. The third kappa shape index (κ3) is 5.37. The molecule has 2 aromatic rings. The van der Waals surface area contributed by atoms with Gasteiger partial charge in [-0.15, -0.1) is 0 Å². The number of carbonyl (C=O) groups excluding carboxylic acids is 1. The van der Waals surface area contributed by atoms with Crippen LogP contribution in [0, 0.1) is 0 Å². The Morgan fingerprint density at radius 1 is 1.09 bits per heavy atom. The lowest BCUT2D eigenvalue weighted by molar-refractivity contribution is -0.128. The van der Waals surface area contributed by atoms with Gasteiger partial charge in [0.1, 0.15) is 5.75 Å². The van der Waals surface area contributed by atoms with E-state index < -0.39 is 6.10 Å². The molecule has 5 heteroatoms. The van der Waals surface area contributed by atoms with Gasteiger partial charge in [0.25, 0.3) is 5.91 Å². The van der Waals surface area contributed by atoms with Crippen LogP contribution in [-0.2, 0) is 4.79 Å². The second-order valence-corrected chi connectivity index (χ2v) is 5.94. The molecule has 0 aliphatic heterocycles. The highest BCUT2D eigenvalue weighted by atomic mass is 79.9. The zero-order valence-electron chi connectivity index (χ0n) is 13.1. The van der Waals surface area contributed by atoms with Crippen LogP contribution in [0.4, 0.5) is 0 Å². The second-order valence-electron chi connectivity index (χ2n) is 5.09. The van der Waals surface area contributed by atoms with Crippen molar-refractivity contribution >= 4 is 21.8 Å². The van der Waals surface area contributed by atoms with Crippen LogP contribution < -0.4 is 15.4 Å². The fourth-order valence-corrected chi connectivity index (χ4v) is 2.52. The Morgan fingerprint density at radius 3 is 2.48 bits per heavy atom. The number of carbonyl (C=O) groups is 1. The number of hydrogen-bond acceptors (Lipinski definition) is 3. The van der Waals surface area contributed by atoms with Gasteiger partial charge >= 0.3 is 0 Å². The molecule has 0 aliphatic carbocycles. The standard InChI is InChI=1S/C18H21BrN2O2/c1-20-12-7-13-21-18(22)17(14-8-3-2-4-9-14)23-16-11-6-5-10-15(16)19/h2-6,8-11,17,20H,7,12-13H2,1H3,(H,21,22). The summed E-state index contributed by atoms with van der Waals surface area (Å²) in [5.74, 6) is 0.509. The Kier molecular flexibility index (Phi) is 7.10. The number of amides is 1. The summed E-state index contributed by atoms with van der Waals surface area (Å²) >= 11 is 3.45. The molecule has 122 valence electrons. The van der Waals surface area contributed by atoms with Crippen LogP contribution >= 0.6 is 15.9 Å². The Morgan fingerprint density at radius 2 is 1.78 bits per heavy atom. The van der Waals surface area contributed by atoms with E-state index in [9.17, 15) is 4.79 Å². The molecular weight excluding hydrogens is 356 g/mol. The summed E-state index contributed by atoms with van der Waals surface area (Å²) in [7, 11) is 1.89. The number of hydrogen-bond donors (Lipinski definition) is 2. The molecule has 2 rings (SSSR count). The summed E-state index contributed by atoms with van der Waals surface area (Å²) in [5, 5.41) is 6.00. The summed E-state index contributed by atoms with van der Waals surface area (Å²) in [6.45, 7) is 1.48. The smallest absolute Gasteiger partial charge is 0.265 e. The van der Waals surface area contributed by atoms with Gasteiger partial charge in [-0.05, 0) is 48.1 Å². The van der Waals surface area contributed by atoms with E-state index in [1.165, 1.54) is 0 Å². The number of nitrogens with one attached hydrogen (secondary N) is 2. The van der Waals surface area contributed by atoms with Crippen molar-refractivity contribution < 1.29 is 9.53 Å². The summed E-state index contributed by atoms with van der Waals surface area (Å²) in [6, 6.07) is 17.0. The molecule has 0 fully saturated rings. The molecule has 1 unspecified atom stereocenters. The lowest BCUT2D eigenvalue weighted by Crippen LogP contribution is -2.34. The van der Waals surface area contributed by atoms with Gasteiger partial charge in [-0.1, -0.05) is 42.5 Å². The fraction of sp³-hybridized carbons (Fsp3) is 0.278. The van der Waals surface area contributed by atoms with Gasteiger partial charge in [-0.3, -0.25) is 4.79 Å². The normalized spacial score (nSPS) is 11.7. The second kappa shape index (κ2) is 9.33. The van der Waals surface area contributed by atoms with Crippen molar-refractivity contribution in [2.75, 3.05) is 20.1 Å². The Balaban J connectivity index is 2.12. The Bertz CT molecular complexity index is 619. The van der Waals surface area contributed by atoms with Crippen molar-refractivity contribution in [2.45, 2.75) is 12.5 Å². The maximum absolute atomic E-state index is 12.6. The number of rotatable bonds is 8. The fourth-order valence-electron chi connectivity index (χ4n) is 2.14. The number of halogens is 1. The van der Waals surface area contributed by atoms with E-state index in [0.717, 1.165) is 23.0 Å². The van der Waals surface area contributed by atoms with Crippen molar-refractivity contribution in [1.82, 2.24) is 10.6 Å². The average molecular weight is 377 g/mol. The number of ether oxygens (including phenoxy) is 1. The molecule has 0 radical (unpaired) electrons. The van der Waals surface area contributed by atoms with E-state index in [2.05, 4.69) is 26.6 Å². The van der Waals surface area contributed by atoms with Gasteiger partial charge in [-0.2, -0.15) is 0 Å². The summed E-state index contributed by atoms with van der Waals surface area (Å²) < 4.78 is 6.80. The van der Waals surface area contributed by atoms with Gasteiger partial charge in [0, 0.05) is 12.1 Å². The summed E-state index contributed by atoms with van der Waals surface area (Å²) in [4.78, 5) is 12.6. The summed E-state index contributed by atoms with van der Waals surface area (Å²) in [5.41, 5.74) is 0.828. The third-order valence-corrected chi connectivity index (χ3v) is 3.98. The molecule has 0 spiro atoms. The minimum atomic E-state index is -0.676. The number of para-hydroxylation sites is 1. The molecule has 23 heavy (non-hydrogen) atoms. The number of benzene rings is 2. The quantitative estimate of drug-likeness (QED) is 0.695. The summed E-state index contributed by atoms with van der Waals surface area (Å²) in [6.07, 6.45) is 0.197. The molecule has 0 saturated heterocycles. The maximum atomic E-state index is 12.6. The molecular formula is C18H21BrN2O2. The lowest BCUT2D eigenvalue weighted by atomic mass is 10.1. The largest absolute Gasteiger partial charge is 0.475 e. The topological polar surface area (TPSA) is 50.4 Å². The van der Waals surface area contributed by atoms with E-state index in [1.54, 1.807) is 0 Å². The molecule has 0 aliphatic rings. The molecule has 0 aromatic heterocycles. The van der Waals surface area contributed by atoms with Crippen LogP contribution in [0.15, 0.2) is 59.1 Å². The van der Waals surface area contributed by atoms with E-state index in [1.807, 2.05) is 61.6 Å². The van der Waals surface area contributed by atoms with Gasteiger partial charge in [-0.25, -0.2) is 0 Å². The van der Waals surface area contributed by atoms with Gasteiger partial charge in [0.15, 0.2) is 0 Å².